The van der Waals surface area contributed by atoms with Crippen LogP contribution in [0.2, 0.25) is 0 Å². The normalized spacial score (nSPS) is 14.7. The van der Waals surface area contributed by atoms with E-state index in [9.17, 15) is 4.79 Å². The van der Waals surface area contributed by atoms with Crippen molar-refractivity contribution >= 4 is 5.91 Å². The number of carbonyl (C=O) groups excluding carboxylic acids is 1. The molecular formula is C22H27NO3. The van der Waals surface area contributed by atoms with Gasteiger partial charge in [0.05, 0.1) is 19.8 Å². The van der Waals surface area contributed by atoms with Crippen molar-refractivity contribution in [2.24, 2.45) is 5.92 Å². The molecule has 0 bridgehead atoms. The molecule has 1 N–H and O–H groups in total. The van der Waals surface area contributed by atoms with E-state index in [-0.39, 0.29) is 11.9 Å². The molecule has 3 rings (SSSR count). The molecule has 0 spiro atoms. The third kappa shape index (κ3) is 4.44. The Morgan fingerprint density at radius 2 is 1.92 bits per heavy atom. The monoisotopic (exact) mass is 353 g/mol. The molecular weight excluding hydrogens is 326 g/mol. The van der Waals surface area contributed by atoms with E-state index < -0.39 is 0 Å². The van der Waals surface area contributed by atoms with Crippen molar-refractivity contribution in [3.63, 3.8) is 0 Å². The van der Waals surface area contributed by atoms with Crippen LogP contribution >= 0.6 is 0 Å². The summed E-state index contributed by atoms with van der Waals surface area (Å²) < 4.78 is 10.9. The average Bonchev–Trinajstić information content (AvgIpc) is 3.50. The topological polar surface area (TPSA) is 47.6 Å². The molecule has 1 atom stereocenters. The van der Waals surface area contributed by atoms with Crippen molar-refractivity contribution < 1.29 is 14.3 Å². The fourth-order valence-electron chi connectivity index (χ4n) is 3.15. The van der Waals surface area contributed by atoms with Crippen LogP contribution in [-0.4, -0.2) is 19.6 Å². The fraction of sp³-hybridized carbons (Fsp3) is 0.409. The Kier molecular flexibility index (Phi) is 5.94. The average molecular weight is 353 g/mol. The first-order valence-corrected chi connectivity index (χ1v) is 9.24. The number of ether oxygens (including phenoxy) is 2. The second kappa shape index (κ2) is 8.37. The lowest BCUT2D eigenvalue weighted by Crippen LogP contribution is -2.30. The van der Waals surface area contributed by atoms with Crippen molar-refractivity contribution in [2.75, 3.05) is 13.7 Å². The van der Waals surface area contributed by atoms with Gasteiger partial charge in [0, 0.05) is 17.7 Å². The third-order valence-corrected chi connectivity index (χ3v) is 4.82. The Balaban J connectivity index is 1.78. The van der Waals surface area contributed by atoms with Gasteiger partial charge in [0.1, 0.15) is 5.75 Å². The maximum atomic E-state index is 12.9. The molecule has 1 aliphatic rings. The second-order valence-electron chi connectivity index (χ2n) is 6.86. The summed E-state index contributed by atoms with van der Waals surface area (Å²) in [6.07, 6.45) is 2.33. The van der Waals surface area contributed by atoms with E-state index in [0.717, 1.165) is 24.2 Å². The van der Waals surface area contributed by atoms with Crippen LogP contribution in [0.4, 0.5) is 0 Å². The molecule has 4 nitrogen and oxygen atoms in total. The van der Waals surface area contributed by atoms with Crippen LogP contribution in [0.5, 0.6) is 5.75 Å². The van der Waals surface area contributed by atoms with Gasteiger partial charge in [-0.1, -0.05) is 29.8 Å². The molecule has 0 aromatic heterocycles. The lowest BCUT2D eigenvalue weighted by atomic mass is 10.00. The lowest BCUT2D eigenvalue weighted by molar-refractivity contribution is 0.0931. The summed E-state index contributed by atoms with van der Waals surface area (Å²) in [7, 11) is 1.63. The van der Waals surface area contributed by atoms with Gasteiger partial charge in [0.15, 0.2) is 0 Å². The minimum absolute atomic E-state index is 0.0529. The van der Waals surface area contributed by atoms with Gasteiger partial charge in [-0.3, -0.25) is 4.79 Å². The van der Waals surface area contributed by atoms with Crippen LogP contribution in [-0.2, 0) is 11.3 Å². The van der Waals surface area contributed by atoms with Crippen LogP contribution in [0.15, 0.2) is 42.5 Å². The van der Waals surface area contributed by atoms with Gasteiger partial charge >= 0.3 is 0 Å². The van der Waals surface area contributed by atoms with Gasteiger partial charge in [0.2, 0.25) is 0 Å². The summed E-state index contributed by atoms with van der Waals surface area (Å²) in [4.78, 5) is 12.9. The Labute approximate surface area is 155 Å². The summed E-state index contributed by atoms with van der Waals surface area (Å²) in [5.74, 6) is 1.22. The highest BCUT2D eigenvalue weighted by molar-refractivity contribution is 5.95. The van der Waals surface area contributed by atoms with Gasteiger partial charge in [0.25, 0.3) is 5.91 Å². The van der Waals surface area contributed by atoms with Crippen LogP contribution < -0.4 is 10.1 Å². The Hall–Kier alpha value is -2.33. The Bertz CT molecular complexity index is 750. The zero-order valence-electron chi connectivity index (χ0n) is 15.7. The molecule has 0 radical (unpaired) electrons. The number of hydrogen-bond acceptors (Lipinski definition) is 3. The summed E-state index contributed by atoms with van der Waals surface area (Å²) >= 11 is 0. The Morgan fingerprint density at radius 1 is 1.19 bits per heavy atom. The largest absolute Gasteiger partial charge is 0.496 e. The summed E-state index contributed by atoms with van der Waals surface area (Å²) in [6.45, 7) is 5.08. The predicted molar refractivity (Wildman–Crippen MR) is 102 cm³/mol. The number of benzene rings is 2. The summed E-state index contributed by atoms with van der Waals surface area (Å²) in [6, 6.07) is 14.0. The van der Waals surface area contributed by atoms with Crippen molar-refractivity contribution in [1.29, 1.82) is 0 Å². The molecule has 0 aliphatic heterocycles. The SMILES string of the molecule is CCOCc1cc(C(=O)NC(c2ccc(C)cc2)C2CC2)ccc1OC. The molecule has 0 saturated heterocycles. The number of methoxy groups -OCH3 is 1. The van der Waals surface area contributed by atoms with Crippen molar-refractivity contribution in [2.45, 2.75) is 39.3 Å². The maximum Gasteiger partial charge on any atom is 0.251 e. The van der Waals surface area contributed by atoms with Gasteiger partial charge in [-0.05, 0) is 56.4 Å². The van der Waals surface area contributed by atoms with E-state index in [1.54, 1.807) is 7.11 Å². The van der Waals surface area contributed by atoms with E-state index in [2.05, 4.69) is 36.5 Å². The predicted octanol–water partition coefficient (Wildman–Crippen LogP) is 4.42. The molecule has 1 unspecified atom stereocenters. The van der Waals surface area contributed by atoms with Crippen LogP contribution in [0.3, 0.4) is 0 Å². The molecule has 4 heteroatoms. The fourth-order valence-corrected chi connectivity index (χ4v) is 3.15. The third-order valence-electron chi connectivity index (χ3n) is 4.82. The van der Waals surface area contributed by atoms with Crippen LogP contribution in [0, 0.1) is 12.8 Å². The van der Waals surface area contributed by atoms with E-state index in [0.29, 0.717) is 24.7 Å². The van der Waals surface area contributed by atoms with E-state index >= 15 is 0 Å². The van der Waals surface area contributed by atoms with E-state index in [1.165, 1.54) is 11.1 Å². The highest BCUT2D eigenvalue weighted by atomic mass is 16.5. The van der Waals surface area contributed by atoms with Gasteiger partial charge in [-0.2, -0.15) is 0 Å². The Morgan fingerprint density at radius 3 is 2.54 bits per heavy atom. The number of amides is 1. The molecule has 138 valence electrons. The standard InChI is InChI=1S/C22H27NO3/c1-4-26-14-19-13-18(11-12-20(19)25-3)22(24)23-21(17-9-10-17)16-7-5-15(2)6-8-16/h5-8,11-13,17,21H,4,9-10,14H2,1-3H3,(H,23,24). The first-order chi connectivity index (χ1) is 12.6. The van der Waals surface area contributed by atoms with Gasteiger partial charge in [-0.25, -0.2) is 0 Å². The van der Waals surface area contributed by atoms with Crippen molar-refractivity contribution in [3.05, 3.63) is 64.7 Å². The molecule has 1 saturated carbocycles. The zero-order chi connectivity index (χ0) is 18.5. The second-order valence-corrected chi connectivity index (χ2v) is 6.86. The van der Waals surface area contributed by atoms with Crippen molar-refractivity contribution in [3.8, 4) is 5.75 Å². The molecule has 26 heavy (non-hydrogen) atoms. The molecule has 1 aliphatic carbocycles. The summed E-state index contributed by atoms with van der Waals surface area (Å²) in [5, 5.41) is 3.23. The number of nitrogens with one attached hydrogen (secondary N) is 1. The number of hydrogen-bond donors (Lipinski definition) is 1. The minimum Gasteiger partial charge on any atom is -0.496 e. The molecule has 1 amide bonds. The molecule has 2 aromatic carbocycles. The van der Waals surface area contributed by atoms with Crippen molar-refractivity contribution in [1.82, 2.24) is 5.32 Å². The molecule has 0 heterocycles. The molecule has 1 fully saturated rings. The smallest absolute Gasteiger partial charge is 0.251 e. The van der Waals surface area contributed by atoms with Gasteiger partial charge < -0.3 is 14.8 Å². The number of rotatable bonds is 8. The van der Waals surface area contributed by atoms with Gasteiger partial charge in [-0.15, -0.1) is 0 Å². The minimum atomic E-state index is -0.0529. The first-order valence-electron chi connectivity index (χ1n) is 9.24. The summed E-state index contributed by atoms with van der Waals surface area (Å²) in [5.41, 5.74) is 3.93. The number of carbonyl (C=O) groups is 1. The zero-order valence-corrected chi connectivity index (χ0v) is 15.7. The van der Waals surface area contributed by atoms with Crippen LogP contribution in [0.25, 0.3) is 0 Å². The van der Waals surface area contributed by atoms with Crippen LogP contribution in [0.1, 0.15) is 52.9 Å². The highest BCUT2D eigenvalue weighted by Crippen LogP contribution is 2.41. The highest BCUT2D eigenvalue weighted by Gasteiger charge is 2.33. The molecule has 2 aromatic rings. The lowest BCUT2D eigenvalue weighted by Gasteiger charge is -2.20. The quantitative estimate of drug-likeness (QED) is 0.764. The van der Waals surface area contributed by atoms with E-state index in [1.807, 2.05) is 25.1 Å². The van der Waals surface area contributed by atoms with E-state index in [4.69, 9.17) is 9.47 Å². The first kappa shape index (κ1) is 18.5. The maximum absolute atomic E-state index is 12.9. The number of aryl methyl sites for hydroxylation is 1.